The highest BCUT2D eigenvalue weighted by Crippen LogP contribution is 2.45. The van der Waals surface area contributed by atoms with Gasteiger partial charge in [0.1, 0.15) is 29.2 Å². The van der Waals surface area contributed by atoms with Crippen LogP contribution in [0.15, 0.2) is 53.9 Å². The van der Waals surface area contributed by atoms with Crippen LogP contribution < -0.4 is 26.3 Å². The van der Waals surface area contributed by atoms with Crippen LogP contribution in [0.2, 0.25) is 5.02 Å². The zero-order valence-corrected chi connectivity index (χ0v) is 18.1. The predicted octanol–water partition coefficient (Wildman–Crippen LogP) is 3.50. The Bertz CT molecular complexity index is 1380. The van der Waals surface area contributed by atoms with Gasteiger partial charge >= 0.3 is 0 Å². The third-order valence-electron chi connectivity index (χ3n) is 5.44. The van der Waals surface area contributed by atoms with E-state index in [-0.39, 0.29) is 0 Å². The van der Waals surface area contributed by atoms with E-state index in [0.29, 0.717) is 50.4 Å². The molecule has 1 aliphatic heterocycles. The van der Waals surface area contributed by atoms with Crippen molar-refractivity contribution in [3.05, 3.63) is 70.6 Å². The molecule has 0 saturated carbocycles. The lowest BCUT2D eigenvalue weighted by molar-refractivity contribution is 0.383. The quantitative estimate of drug-likeness (QED) is 0.407. The molecule has 5 N–H and O–H groups in total. The SMILES string of the molecule is COc1cc(Oc2ccn3ncnc3c2)c(C)cc1C1(N)NC=Nc2ccc(N)c(Cl)c21. The summed E-state index contributed by atoms with van der Waals surface area (Å²) in [6.45, 7) is 1.93. The number of aliphatic imine (C=N–C) groups is 1. The molecule has 0 saturated heterocycles. The van der Waals surface area contributed by atoms with Crippen molar-refractivity contribution in [3.63, 3.8) is 0 Å². The molecule has 0 amide bonds. The first kappa shape index (κ1) is 20.1. The number of nitrogens with one attached hydrogen (secondary N) is 1. The smallest absolute Gasteiger partial charge is 0.158 e. The molecule has 1 aliphatic rings. The van der Waals surface area contributed by atoms with E-state index in [2.05, 4.69) is 20.4 Å². The van der Waals surface area contributed by atoms with E-state index in [1.165, 1.54) is 6.33 Å². The molecular weight excluding hydrogens is 430 g/mol. The van der Waals surface area contributed by atoms with Crippen molar-refractivity contribution in [2.75, 3.05) is 12.8 Å². The van der Waals surface area contributed by atoms with Crippen molar-refractivity contribution in [1.82, 2.24) is 19.9 Å². The molecule has 10 heteroatoms. The predicted molar refractivity (Wildman–Crippen MR) is 123 cm³/mol. The second-order valence-electron chi connectivity index (χ2n) is 7.42. The number of ether oxygens (including phenoxy) is 2. The number of methoxy groups -OCH3 is 1. The summed E-state index contributed by atoms with van der Waals surface area (Å²) in [6, 6.07) is 10.8. The molecule has 2 aromatic carbocycles. The van der Waals surface area contributed by atoms with Crippen LogP contribution in [0.4, 0.5) is 11.4 Å². The zero-order valence-electron chi connectivity index (χ0n) is 17.3. The second kappa shape index (κ2) is 7.40. The molecule has 32 heavy (non-hydrogen) atoms. The monoisotopic (exact) mass is 449 g/mol. The number of aromatic nitrogens is 3. The van der Waals surface area contributed by atoms with Crippen LogP contribution in [-0.2, 0) is 5.66 Å². The first-order valence-electron chi connectivity index (χ1n) is 9.74. The van der Waals surface area contributed by atoms with Crippen LogP contribution in [0.25, 0.3) is 5.65 Å². The standard InChI is InChI=1S/C22H20ClN7O2/c1-12-7-14(22(25)20-16(26-10-28-22)4-3-15(24)21(20)23)18(31-2)9-17(12)32-13-5-6-30-19(8-13)27-11-29-30/h3-11H,24-25H2,1-2H3,(H,26,28). The molecule has 5 rings (SSSR count). The van der Waals surface area contributed by atoms with Gasteiger partial charge in [0, 0.05) is 29.5 Å². The van der Waals surface area contributed by atoms with Gasteiger partial charge < -0.3 is 26.3 Å². The summed E-state index contributed by atoms with van der Waals surface area (Å²) < 4.78 is 13.5. The number of nitrogens with two attached hydrogens (primary N) is 2. The maximum atomic E-state index is 6.88. The molecule has 1 atom stereocenters. The van der Waals surface area contributed by atoms with Crippen LogP contribution in [0, 0.1) is 6.92 Å². The Morgan fingerprint density at radius 1 is 1.16 bits per heavy atom. The highest BCUT2D eigenvalue weighted by Gasteiger charge is 2.39. The van der Waals surface area contributed by atoms with Crippen molar-refractivity contribution >= 4 is 35.0 Å². The van der Waals surface area contributed by atoms with E-state index in [1.807, 2.05) is 19.1 Å². The number of aryl methyl sites for hydroxylation is 1. The summed E-state index contributed by atoms with van der Waals surface area (Å²) >= 11 is 6.56. The lowest BCUT2D eigenvalue weighted by atomic mass is 9.87. The molecular formula is C22H20ClN7O2. The molecule has 0 fully saturated rings. The first-order valence-corrected chi connectivity index (χ1v) is 10.1. The molecule has 1 unspecified atom stereocenters. The van der Waals surface area contributed by atoms with Gasteiger partial charge in [-0.3, -0.25) is 0 Å². The normalized spacial score (nSPS) is 17.1. The number of anilines is 1. The number of hydrogen-bond donors (Lipinski definition) is 3. The summed E-state index contributed by atoms with van der Waals surface area (Å²) in [7, 11) is 1.57. The van der Waals surface area contributed by atoms with Crippen LogP contribution in [0.1, 0.15) is 16.7 Å². The molecule has 0 bridgehead atoms. The third-order valence-corrected chi connectivity index (χ3v) is 5.85. The van der Waals surface area contributed by atoms with Gasteiger partial charge in [-0.25, -0.2) is 14.5 Å². The van der Waals surface area contributed by atoms with Gasteiger partial charge in [0.15, 0.2) is 5.65 Å². The van der Waals surface area contributed by atoms with Crippen LogP contribution >= 0.6 is 11.6 Å². The fourth-order valence-electron chi connectivity index (χ4n) is 3.80. The topological polar surface area (TPSA) is 125 Å². The lowest BCUT2D eigenvalue weighted by Crippen LogP contribution is -2.52. The summed E-state index contributed by atoms with van der Waals surface area (Å²) in [5.74, 6) is 1.75. The second-order valence-corrected chi connectivity index (χ2v) is 7.80. The van der Waals surface area contributed by atoms with E-state index in [4.69, 9.17) is 32.5 Å². The van der Waals surface area contributed by atoms with Crippen LogP contribution in [-0.4, -0.2) is 28.0 Å². The first-order chi connectivity index (χ1) is 15.4. The van der Waals surface area contributed by atoms with Gasteiger partial charge in [0.05, 0.1) is 29.8 Å². The minimum absolute atomic E-state index is 0.344. The molecule has 3 heterocycles. The van der Waals surface area contributed by atoms with Gasteiger partial charge in [0.2, 0.25) is 0 Å². The maximum Gasteiger partial charge on any atom is 0.158 e. The highest BCUT2D eigenvalue weighted by molar-refractivity contribution is 6.34. The largest absolute Gasteiger partial charge is 0.496 e. The molecule has 9 nitrogen and oxygen atoms in total. The fraction of sp³-hybridized carbons (Fsp3) is 0.136. The Labute approximate surface area is 188 Å². The van der Waals surface area contributed by atoms with Gasteiger partial charge in [0.25, 0.3) is 0 Å². The van der Waals surface area contributed by atoms with Crippen LogP contribution in [0.3, 0.4) is 0 Å². The number of halogens is 1. The Morgan fingerprint density at radius 2 is 2.00 bits per heavy atom. The van der Waals surface area contributed by atoms with Gasteiger partial charge in [-0.15, -0.1) is 0 Å². The van der Waals surface area contributed by atoms with Crippen molar-refractivity contribution in [2.45, 2.75) is 12.6 Å². The van der Waals surface area contributed by atoms with Gasteiger partial charge in [-0.2, -0.15) is 5.10 Å². The van der Waals surface area contributed by atoms with Crippen LogP contribution in [0.5, 0.6) is 17.2 Å². The lowest BCUT2D eigenvalue weighted by Gasteiger charge is -2.36. The van der Waals surface area contributed by atoms with E-state index in [9.17, 15) is 0 Å². The third kappa shape index (κ3) is 3.10. The van der Waals surface area contributed by atoms with Crippen molar-refractivity contribution in [3.8, 4) is 17.2 Å². The molecule has 2 aromatic heterocycles. The minimum atomic E-state index is -1.21. The fourth-order valence-corrected chi connectivity index (χ4v) is 4.11. The summed E-state index contributed by atoms with van der Waals surface area (Å²) in [5.41, 5.74) is 15.5. The minimum Gasteiger partial charge on any atom is -0.496 e. The Kier molecular flexibility index (Phi) is 4.65. The van der Waals surface area contributed by atoms with E-state index in [0.717, 1.165) is 5.56 Å². The van der Waals surface area contributed by atoms with E-state index in [1.54, 1.807) is 48.4 Å². The van der Waals surface area contributed by atoms with E-state index >= 15 is 0 Å². The number of benzene rings is 2. The maximum absolute atomic E-state index is 6.88. The summed E-state index contributed by atoms with van der Waals surface area (Å²) in [4.78, 5) is 8.54. The molecule has 0 radical (unpaired) electrons. The number of fused-ring (bicyclic) bond motifs is 2. The van der Waals surface area contributed by atoms with Crippen molar-refractivity contribution in [1.29, 1.82) is 0 Å². The number of hydrogen-bond acceptors (Lipinski definition) is 8. The number of pyridine rings is 1. The van der Waals surface area contributed by atoms with Crippen molar-refractivity contribution < 1.29 is 9.47 Å². The molecule has 0 spiro atoms. The number of nitrogen functional groups attached to an aromatic ring is 1. The van der Waals surface area contributed by atoms with Gasteiger partial charge in [-0.05, 0) is 36.8 Å². The average Bonchev–Trinajstić information content (AvgIpc) is 3.25. The van der Waals surface area contributed by atoms with Gasteiger partial charge in [-0.1, -0.05) is 11.6 Å². The number of nitrogens with zero attached hydrogens (tertiary/aromatic N) is 4. The summed E-state index contributed by atoms with van der Waals surface area (Å²) in [6.07, 6.45) is 4.81. The molecule has 162 valence electrons. The number of rotatable bonds is 4. The Morgan fingerprint density at radius 3 is 2.81 bits per heavy atom. The Hall–Kier alpha value is -3.82. The molecule has 0 aliphatic carbocycles. The zero-order chi connectivity index (χ0) is 22.5. The molecule has 4 aromatic rings. The summed E-state index contributed by atoms with van der Waals surface area (Å²) in [5, 5.41) is 7.57. The van der Waals surface area contributed by atoms with Crippen molar-refractivity contribution in [2.24, 2.45) is 10.7 Å². The average molecular weight is 450 g/mol. The van der Waals surface area contributed by atoms with E-state index < -0.39 is 5.66 Å². The highest BCUT2D eigenvalue weighted by atomic mass is 35.5. The Balaban J connectivity index is 1.60.